The van der Waals surface area contributed by atoms with E-state index in [0.29, 0.717) is 5.54 Å². The monoisotopic (exact) mass is 572 g/mol. The predicted octanol–water partition coefficient (Wildman–Crippen LogP) is 13.0. The number of fused-ring (bicyclic) bond motifs is 1. The zero-order valence-corrected chi connectivity index (χ0v) is 31.5. The van der Waals surface area contributed by atoms with E-state index >= 15 is 0 Å². The highest BCUT2D eigenvalue weighted by Crippen LogP contribution is 2.72. The van der Waals surface area contributed by atoms with E-state index in [0.717, 1.165) is 0 Å². The first kappa shape index (κ1) is 33.9. The predicted molar refractivity (Wildman–Crippen MR) is 189 cm³/mol. The fraction of sp³-hybridized carbons (Fsp3) is 0.650. The molecule has 1 heteroatoms. The van der Waals surface area contributed by atoms with E-state index in [-0.39, 0.29) is 32.1 Å². The van der Waals surface area contributed by atoms with Crippen molar-refractivity contribution in [3.05, 3.63) is 63.7 Å². The lowest BCUT2D eigenvalue weighted by molar-refractivity contribution is -0.147. The van der Waals surface area contributed by atoms with Crippen LogP contribution in [0.5, 0.6) is 0 Å². The van der Waals surface area contributed by atoms with Crippen LogP contribution in [-0.4, -0.2) is 8.07 Å². The summed E-state index contributed by atoms with van der Waals surface area (Å²) in [6.07, 6.45) is 2.54. The number of hydrogen-bond donors (Lipinski definition) is 0. The minimum atomic E-state index is -1.98. The van der Waals surface area contributed by atoms with Gasteiger partial charge in [0, 0.05) is 5.54 Å². The van der Waals surface area contributed by atoms with Gasteiger partial charge in [0.2, 0.25) is 0 Å². The maximum Gasteiger partial charge on any atom is 0.0661 e. The minimum Gasteiger partial charge on any atom is -0.0682 e. The van der Waals surface area contributed by atoms with Crippen molar-refractivity contribution in [3.8, 4) is 11.1 Å². The van der Waals surface area contributed by atoms with Gasteiger partial charge < -0.3 is 0 Å². The van der Waals surface area contributed by atoms with Gasteiger partial charge in [-0.05, 0) is 82.1 Å². The van der Waals surface area contributed by atoms with Gasteiger partial charge in [0.1, 0.15) is 0 Å². The molecule has 0 fully saturated rings. The van der Waals surface area contributed by atoms with Gasteiger partial charge in [-0.1, -0.05) is 162 Å². The van der Waals surface area contributed by atoms with Gasteiger partial charge in [0.05, 0.1) is 8.07 Å². The fourth-order valence-corrected chi connectivity index (χ4v) is 13.4. The van der Waals surface area contributed by atoms with Gasteiger partial charge in [0.25, 0.3) is 0 Å². The molecule has 0 amide bonds. The van der Waals surface area contributed by atoms with Gasteiger partial charge in [0.15, 0.2) is 0 Å². The van der Waals surface area contributed by atoms with Crippen LogP contribution in [0.3, 0.4) is 0 Å². The summed E-state index contributed by atoms with van der Waals surface area (Å²) in [6.45, 7) is 47.6. The molecule has 0 spiro atoms. The SMILES string of the molecule is CC1=Cc2c(-c3cc(C)cc(C)c3)cc(C)cc2C1[Si](C)(C)C(C)(C)C(C)(C)C(C)(C)C(C)(C)C(C)(C)C(C)(C)C. The molecule has 0 aliphatic heterocycles. The number of benzene rings is 2. The summed E-state index contributed by atoms with van der Waals surface area (Å²) in [5, 5.41) is 0.153. The van der Waals surface area contributed by atoms with Crippen LogP contribution in [0.4, 0.5) is 0 Å². The third-order valence-corrected chi connectivity index (χ3v) is 20.5. The van der Waals surface area contributed by atoms with Crippen molar-refractivity contribution in [2.24, 2.45) is 27.1 Å². The standard InChI is InChI=1S/C40H64Si/c1-26-20-27(2)22-30(21-26)31-23-28(3)24-33-32(31)25-29(4)34(33)41(18,19)40(16,17)39(14,15)38(12,13)37(10,11)36(8,9)35(5,6)7/h20-25,34H,1-19H3. The molecule has 1 aliphatic carbocycles. The Morgan fingerprint density at radius 3 is 1.44 bits per heavy atom. The van der Waals surface area contributed by atoms with E-state index in [4.69, 9.17) is 0 Å². The molecule has 0 nitrogen and oxygen atoms in total. The first-order valence-corrected chi connectivity index (χ1v) is 19.2. The van der Waals surface area contributed by atoms with E-state index in [1.165, 1.54) is 33.4 Å². The Morgan fingerprint density at radius 2 is 0.976 bits per heavy atom. The Kier molecular flexibility index (Phi) is 8.24. The Bertz CT molecular complexity index is 1330. The Morgan fingerprint density at radius 1 is 0.537 bits per heavy atom. The highest BCUT2D eigenvalue weighted by Gasteiger charge is 2.65. The van der Waals surface area contributed by atoms with Crippen molar-refractivity contribution in [2.45, 2.75) is 141 Å². The lowest BCUT2D eigenvalue weighted by atomic mass is 9.41. The topological polar surface area (TPSA) is 0 Å². The van der Waals surface area contributed by atoms with Crippen molar-refractivity contribution in [2.75, 3.05) is 0 Å². The molecule has 1 unspecified atom stereocenters. The summed E-state index contributed by atoms with van der Waals surface area (Å²) < 4.78 is 0. The normalized spacial score (nSPS) is 17.5. The van der Waals surface area contributed by atoms with Crippen LogP contribution in [0.25, 0.3) is 17.2 Å². The van der Waals surface area contributed by atoms with Crippen LogP contribution in [0.1, 0.15) is 130 Å². The second kappa shape index (κ2) is 9.97. The highest BCUT2D eigenvalue weighted by atomic mass is 28.3. The van der Waals surface area contributed by atoms with Crippen molar-refractivity contribution in [3.63, 3.8) is 0 Å². The minimum absolute atomic E-state index is 0.0838. The molecule has 0 aromatic heterocycles. The van der Waals surface area contributed by atoms with E-state index < -0.39 is 8.07 Å². The molecule has 0 radical (unpaired) electrons. The molecule has 0 saturated heterocycles. The van der Waals surface area contributed by atoms with Crippen LogP contribution in [-0.2, 0) is 0 Å². The average Bonchev–Trinajstić information content (AvgIpc) is 3.12. The number of aryl methyl sites for hydroxylation is 3. The number of hydrogen-bond acceptors (Lipinski definition) is 0. The molecule has 41 heavy (non-hydrogen) atoms. The zero-order chi connectivity index (χ0) is 31.9. The van der Waals surface area contributed by atoms with Gasteiger partial charge in [-0.2, -0.15) is 0 Å². The molecule has 0 saturated carbocycles. The van der Waals surface area contributed by atoms with Gasteiger partial charge in [-0.25, -0.2) is 0 Å². The molecular formula is C40H64Si. The quantitative estimate of drug-likeness (QED) is 0.289. The van der Waals surface area contributed by atoms with Gasteiger partial charge in [-0.15, -0.1) is 0 Å². The summed E-state index contributed by atoms with van der Waals surface area (Å²) >= 11 is 0. The van der Waals surface area contributed by atoms with Crippen molar-refractivity contribution in [1.82, 2.24) is 0 Å². The molecule has 0 N–H and O–H groups in total. The third kappa shape index (κ3) is 4.85. The summed E-state index contributed by atoms with van der Waals surface area (Å²) in [7, 11) is -1.98. The second-order valence-electron chi connectivity index (χ2n) is 18.1. The maximum absolute atomic E-state index is 2.70. The van der Waals surface area contributed by atoms with Crippen molar-refractivity contribution < 1.29 is 0 Å². The largest absolute Gasteiger partial charge is 0.0682 e. The van der Waals surface area contributed by atoms with E-state index in [1.54, 1.807) is 11.1 Å². The van der Waals surface area contributed by atoms with Crippen LogP contribution in [0, 0.1) is 47.8 Å². The summed E-state index contributed by atoms with van der Waals surface area (Å²) in [5.41, 5.74) is 12.6. The van der Waals surface area contributed by atoms with Crippen LogP contribution < -0.4 is 0 Å². The molecule has 0 heterocycles. The van der Waals surface area contributed by atoms with E-state index in [2.05, 4.69) is 167 Å². The van der Waals surface area contributed by atoms with Gasteiger partial charge >= 0.3 is 0 Å². The number of rotatable bonds is 7. The summed E-state index contributed by atoms with van der Waals surface area (Å²) in [5.74, 6) is 0. The smallest absolute Gasteiger partial charge is 0.0661 e. The Balaban J connectivity index is 2.21. The number of allylic oxidation sites excluding steroid dienone is 1. The fourth-order valence-electron chi connectivity index (χ4n) is 8.56. The van der Waals surface area contributed by atoms with E-state index in [1.807, 2.05) is 0 Å². The zero-order valence-electron chi connectivity index (χ0n) is 30.5. The highest BCUT2D eigenvalue weighted by molar-refractivity contribution is 6.82. The summed E-state index contributed by atoms with van der Waals surface area (Å²) in [6, 6.07) is 12.0. The van der Waals surface area contributed by atoms with E-state index in [9.17, 15) is 0 Å². The Labute approximate surface area is 256 Å². The molecule has 1 atom stereocenters. The molecule has 228 valence electrons. The van der Waals surface area contributed by atoms with Gasteiger partial charge in [-0.3, -0.25) is 0 Å². The van der Waals surface area contributed by atoms with Crippen LogP contribution in [0.15, 0.2) is 35.9 Å². The second-order valence-corrected chi connectivity index (χ2v) is 23.4. The lowest BCUT2D eigenvalue weighted by Gasteiger charge is -2.68. The van der Waals surface area contributed by atoms with Crippen molar-refractivity contribution in [1.29, 1.82) is 0 Å². The first-order valence-electron chi connectivity index (χ1n) is 16.1. The Hall–Kier alpha value is -1.60. The van der Waals surface area contributed by atoms with Crippen molar-refractivity contribution >= 4 is 14.1 Å². The molecule has 0 bridgehead atoms. The lowest BCUT2D eigenvalue weighted by Crippen LogP contribution is -2.62. The average molecular weight is 573 g/mol. The first-order chi connectivity index (χ1) is 18.2. The molecular weight excluding hydrogens is 509 g/mol. The molecule has 2 aromatic rings. The molecule has 1 aliphatic rings. The molecule has 3 rings (SSSR count). The maximum atomic E-state index is 2.70. The third-order valence-electron chi connectivity index (χ3n) is 14.5. The molecule has 2 aromatic carbocycles. The van der Waals surface area contributed by atoms with Crippen LogP contribution >= 0.6 is 0 Å². The summed E-state index contributed by atoms with van der Waals surface area (Å²) in [4.78, 5) is 0. The van der Waals surface area contributed by atoms with Crippen LogP contribution in [0.2, 0.25) is 18.1 Å².